The van der Waals surface area contributed by atoms with Gasteiger partial charge in [0.05, 0.1) is 5.69 Å². The Morgan fingerprint density at radius 1 is 1.37 bits per heavy atom. The molecule has 2 aromatic heterocycles. The second-order valence-corrected chi connectivity index (χ2v) is 4.51. The van der Waals surface area contributed by atoms with Crippen LogP contribution < -0.4 is 10.6 Å². The Kier molecular flexibility index (Phi) is 4.92. The van der Waals surface area contributed by atoms with Crippen LogP contribution in [0.15, 0.2) is 30.6 Å². The van der Waals surface area contributed by atoms with Gasteiger partial charge in [0, 0.05) is 31.8 Å². The highest BCUT2D eigenvalue weighted by Gasteiger charge is 2.03. The molecule has 2 aromatic rings. The summed E-state index contributed by atoms with van der Waals surface area (Å²) in [6, 6.07) is 5.91. The molecule has 1 amide bonds. The van der Waals surface area contributed by atoms with Gasteiger partial charge in [-0.25, -0.2) is 4.98 Å². The molecule has 0 aliphatic heterocycles. The van der Waals surface area contributed by atoms with Crippen LogP contribution in [-0.4, -0.2) is 35.4 Å². The van der Waals surface area contributed by atoms with Crippen molar-refractivity contribution in [3.05, 3.63) is 36.3 Å². The van der Waals surface area contributed by atoms with Crippen LogP contribution in [-0.2, 0) is 11.2 Å². The minimum Gasteiger partial charge on any atom is -0.356 e. The second-order valence-electron chi connectivity index (χ2n) is 4.51. The Morgan fingerprint density at radius 2 is 2.26 bits per heavy atom. The largest absolute Gasteiger partial charge is 0.356 e. The van der Waals surface area contributed by atoms with Crippen LogP contribution in [0, 0.1) is 0 Å². The maximum absolute atomic E-state index is 11.5. The van der Waals surface area contributed by atoms with Crippen molar-refractivity contribution >= 4 is 11.6 Å². The van der Waals surface area contributed by atoms with E-state index < -0.39 is 0 Å². The lowest BCUT2D eigenvalue weighted by molar-refractivity contribution is -0.121. The number of nitrogens with zero attached hydrogens (tertiary/aromatic N) is 2. The summed E-state index contributed by atoms with van der Waals surface area (Å²) in [6.45, 7) is 1.52. The van der Waals surface area contributed by atoms with E-state index in [1.807, 2.05) is 42.0 Å². The van der Waals surface area contributed by atoms with Crippen LogP contribution in [0.5, 0.6) is 0 Å². The molecule has 0 aliphatic rings. The summed E-state index contributed by atoms with van der Waals surface area (Å²) in [6.07, 6.45) is 6.19. The van der Waals surface area contributed by atoms with E-state index in [2.05, 4.69) is 15.6 Å². The van der Waals surface area contributed by atoms with Crippen molar-refractivity contribution in [3.63, 3.8) is 0 Å². The number of aromatic nitrogens is 2. The number of hydrogen-bond donors (Lipinski definition) is 2. The fourth-order valence-corrected chi connectivity index (χ4v) is 1.95. The Bertz CT molecular complexity index is 502. The number of rotatable bonds is 7. The fraction of sp³-hybridized carbons (Fsp3) is 0.429. The summed E-state index contributed by atoms with van der Waals surface area (Å²) < 4.78 is 1.99. The molecule has 0 radical (unpaired) electrons. The molecule has 0 spiro atoms. The number of carbonyl (C=O) groups excluding carboxylic acids is 1. The third-order valence-electron chi connectivity index (χ3n) is 2.95. The average Bonchev–Trinajstić information content (AvgIpc) is 2.81. The van der Waals surface area contributed by atoms with Gasteiger partial charge in [0.25, 0.3) is 0 Å². The Balaban J connectivity index is 1.74. The summed E-state index contributed by atoms with van der Waals surface area (Å²) in [5, 5.41) is 5.95. The van der Waals surface area contributed by atoms with Crippen LogP contribution in [0.4, 0.5) is 0 Å². The summed E-state index contributed by atoms with van der Waals surface area (Å²) >= 11 is 0. The first-order valence-corrected chi connectivity index (χ1v) is 6.63. The summed E-state index contributed by atoms with van der Waals surface area (Å²) in [7, 11) is 1.89. The monoisotopic (exact) mass is 260 g/mol. The number of hydrogen-bond acceptors (Lipinski definition) is 3. The van der Waals surface area contributed by atoms with E-state index in [0.29, 0.717) is 13.0 Å². The molecule has 0 fully saturated rings. The number of carbonyl (C=O) groups is 1. The third kappa shape index (κ3) is 4.06. The molecule has 19 heavy (non-hydrogen) atoms. The van der Waals surface area contributed by atoms with Crippen LogP contribution >= 0.6 is 0 Å². The van der Waals surface area contributed by atoms with E-state index in [0.717, 1.165) is 30.7 Å². The number of pyridine rings is 1. The third-order valence-corrected chi connectivity index (χ3v) is 2.95. The van der Waals surface area contributed by atoms with Gasteiger partial charge in [-0.1, -0.05) is 6.07 Å². The first-order chi connectivity index (χ1) is 9.29. The Labute approximate surface area is 113 Å². The number of amides is 1. The van der Waals surface area contributed by atoms with Gasteiger partial charge in [-0.3, -0.25) is 4.79 Å². The lowest BCUT2D eigenvalue weighted by Gasteiger charge is -2.03. The minimum atomic E-state index is 0.110. The Morgan fingerprint density at radius 3 is 3.05 bits per heavy atom. The Hall–Kier alpha value is -1.88. The van der Waals surface area contributed by atoms with E-state index in [1.54, 1.807) is 0 Å². The van der Waals surface area contributed by atoms with Gasteiger partial charge in [-0.05, 0) is 32.1 Å². The van der Waals surface area contributed by atoms with Crippen LogP contribution in [0.3, 0.4) is 0 Å². The molecule has 0 saturated heterocycles. The van der Waals surface area contributed by atoms with Crippen molar-refractivity contribution in [1.29, 1.82) is 0 Å². The first kappa shape index (κ1) is 13.5. The van der Waals surface area contributed by atoms with E-state index in [-0.39, 0.29) is 5.91 Å². The van der Waals surface area contributed by atoms with Crippen molar-refractivity contribution in [3.8, 4) is 0 Å². The molecular formula is C14H20N4O. The van der Waals surface area contributed by atoms with Gasteiger partial charge in [-0.2, -0.15) is 0 Å². The summed E-state index contributed by atoms with van der Waals surface area (Å²) in [5.41, 5.74) is 1.94. The second kappa shape index (κ2) is 6.89. The molecule has 0 bridgehead atoms. The number of fused-ring (bicyclic) bond motifs is 1. The van der Waals surface area contributed by atoms with Gasteiger partial charge < -0.3 is 15.0 Å². The molecule has 102 valence electrons. The quantitative estimate of drug-likeness (QED) is 0.730. The van der Waals surface area contributed by atoms with Crippen molar-refractivity contribution < 1.29 is 4.79 Å². The standard InChI is InChI=1S/C14H20N4O/c1-15-8-4-6-14(19)16-9-7-12-11-18-10-3-2-5-13(18)17-12/h2-3,5,10-11,15H,4,6-9H2,1H3,(H,16,19). The van der Waals surface area contributed by atoms with E-state index in [1.165, 1.54) is 0 Å². The zero-order chi connectivity index (χ0) is 13.5. The van der Waals surface area contributed by atoms with Crippen molar-refractivity contribution in [1.82, 2.24) is 20.0 Å². The predicted molar refractivity (Wildman–Crippen MR) is 75.1 cm³/mol. The normalized spacial score (nSPS) is 10.8. The molecule has 0 aromatic carbocycles. The SMILES string of the molecule is CNCCCC(=O)NCCc1cn2ccccc2n1. The summed E-state index contributed by atoms with van der Waals surface area (Å²) in [4.78, 5) is 16.0. The highest BCUT2D eigenvalue weighted by Crippen LogP contribution is 2.04. The molecule has 0 aliphatic carbocycles. The zero-order valence-electron chi connectivity index (χ0n) is 11.2. The molecule has 0 saturated carbocycles. The van der Waals surface area contributed by atoms with E-state index >= 15 is 0 Å². The van der Waals surface area contributed by atoms with Crippen LogP contribution in [0.2, 0.25) is 0 Å². The highest BCUT2D eigenvalue weighted by atomic mass is 16.1. The van der Waals surface area contributed by atoms with Gasteiger partial charge in [-0.15, -0.1) is 0 Å². The predicted octanol–water partition coefficient (Wildman–Crippen LogP) is 0.993. The smallest absolute Gasteiger partial charge is 0.220 e. The molecule has 5 nitrogen and oxygen atoms in total. The van der Waals surface area contributed by atoms with E-state index in [9.17, 15) is 4.79 Å². The highest BCUT2D eigenvalue weighted by molar-refractivity contribution is 5.75. The maximum Gasteiger partial charge on any atom is 0.220 e. The average molecular weight is 260 g/mol. The number of nitrogens with one attached hydrogen (secondary N) is 2. The van der Waals surface area contributed by atoms with Crippen molar-refractivity contribution in [2.75, 3.05) is 20.1 Å². The number of imidazole rings is 1. The van der Waals surface area contributed by atoms with E-state index in [4.69, 9.17) is 0 Å². The van der Waals surface area contributed by atoms with Gasteiger partial charge in [0.2, 0.25) is 5.91 Å². The van der Waals surface area contributed by atoms with Gasteiger partial charge in [0.15, 0.2) is 0 Å². The fourth-order valence-electron chi connectivity index (χ4n) is 1.95. The minimum absolute atomic E-state index is 0.110. The zero-order valence-corrected chi connectivity index (χ0v) is 11.2. The molecule has 2 rings (SSSR count). The molecule has 2 N–H and O–H groups in total. The van der Waals surface area contributed by atoms with Crippen molar-refractivity contribution in [2.24, 2.45) is 0 Å². The van der Waals surface area contributed by atoms with Crippen molar-refractivity contribution in [2.45, 2.75) is 19.3 Å². The molecule has 2 heterocycles. The lowest BCUT2D eigenvalue weighted by Crippen LogP contribution is -2.26. The van der Waals surface area contributed by atoms with Crippen LogP contribution in [0.25, 0.3) is 5.65 Å². The molecule has 0 unspecified atom stereocenters. The van der Waals surface area contributed by atoms with Gasteiger partial charge >= 0.3 is 0 Å². The molecule has 5 heteroatoms. The topological polar surface area (TPSA) is 58.4 Å². The van der Waals surface area contributed by atoms with Crippen LogP contribution in [0.1, 0.15) is 18.5 Å². The molecular weight excluding hydrogens is 240 g/mol. The van der Waals surface area contributed by atoms with Gasteiger partial charge in [0.1, 0.15) is 5.65 Å². The lowest BCUT2D eigenvalue weighted by atomic mass is 10.3. The maximum atomic E-state index is 11.5. The first-order valence-electron chi connectivity index (χ1n) is 6.63. The summed E-state index contributed by atoms with van der Waals surface area (Å²) in [5.74, 6) is 0.110. The molecule has 0 atom stereocenters.